The second-order valence-corrected chi connectivity index (χ2v) is 9.91. The molecular weight excluding hydrogens is 400 g/mol. The van der Waals surface area contributed by atoms with Crippen molar-refractivity contribution in [3.8, 4) is 0 Å². The number of nitrogens with one attached hydrogen (secondary N) is 2. The number of aryl methyl sites for hydroxylation is 2. The fraction of sp³-hybridized carbons (Fsp3) is 0.273. The van der Waals surface area contributed by atoms with Crippen LogP contribution in [-0.4, -0.2) is 35.6 Å². The number of carbonyl (C=O) groups excluding carboxylic acids is 1. The van der Waals surface area contributed by atoms with Gasteiger partial charge in [-0.1, -0.05) is 35.9 Å². The van der Waals surface area contributed by atoms with Crippen molar-refractivity contribution in [2.24, 2.45) is 7.05 Å². The van der Waals surface area contributed by atoms with E-state index in [0.29, 0.717) is 5.56 Å². The summed E-state index contributed by atoms with van der Waals surface area (Å²) in [4.78, 5) is 13.0. The standard InChI is InChI=1S/C22H26N4O3S/c1-15-8-10-17(11-9-15)21(16(2)30(4,28)29)25-22(27)18-6-5-7-19(12-18)24-20-13-23-26(3)14-20/h5-14,16,21,24H,1-4H3,(H,25,27)/t16-,21+/m1/s1. The number of sulfone groups is 1. The molecule has 1 heterocycles. The first-order chi connectivity index (χ1) is 14.1. The lowest BCUT2D eigenvalue weighted by Gasteiger charge is -2.25. The van der Waals surface area contributed by atoms with Gasteiger partial charge in [-0.05, 0) is 37.6 Å². The second kappa shape index (κ2) is 8.71. The van der Waals surface area contributed by atoms with Gasteiger partial charge < -0.3 is 10.6 Å². The van der Waals surface area contributed by atoms with Crippen LogP contribution >= 0.6 is 0 Å². The maximum absolute atomic E-state index is 13.0. The third-order valence-electron chi connectivity index (χ3n) is 4.99. The molecule has 1 aromatic heterocycles. The van der Waals surface area contributed by atoms with Crippen LogP contribution in [0.4, 0.5) is 11.4 Å². The van der Waals surface area contributed by atoms with E-state index in [9.17, 15) is 13.2 Å². The fourth-order valence-corrected chi connectivity index (χ4v) is 3.83. The first-order valence-electron chi connectivity index (χ1n) is 9.55. The molecule has 0 aliphatic heterocycles. The van der Waals surface area contributed by atoms with Gasteiger partial charge in [0.1, 0.15) is 0 Å². The molecular formula is C22H26N4O3S. The minimum Gasteiger partial charge on any atom is -0.353 e. The molecule has 0 spiro atoms. The van der Waals surface area contributed by atoms with Crippen LogP contribution in [-0.2, 0) is 16.9 Å². The van der Waals surface area contributed by atoms with Gasteiger partial charge in [-0.2, -0.15) is 5.10 Å². The highest BCUT2D eigenvalue weighted by Gasteiger charge is 2.29. The summed E-state index contributed by atoms with van der Waals surface area (Å²) in [5.41, 5.74) is 3.78. The number of hydrogen-bond donors (Lipinski definition) is 2. The van der Waals surface area contributed by atoms with Crippen molar-refractivity contribution in [2.45, 2.75) is 25.1 Å². The minimum absolute atomic E-state index is 0.342. The van der Waals surface area contributed by atoms with E-state index in [1.54, 1.807) is 36.0 Å². The minimum atomic E-state index is -3.37. The summed E-state index contributed by atoms with van der Waals surface area (Å²) in [6.45, 7) is 3.57. The normalized spacial score (nSPS) is 13.5. The molecule has 3 aromatic rings. The van der Waals surface area contributed by atoms with Crippen LogP contribution in [0.15, 0.2) is 60.9 Å². The van der Waals surface area contributed by atoms with Crippen molar-refractivity contribution >= 4 is 27.1 Å². The molecule has 2 atom stereocenters. The van der Waals surface area contributed by atoms with Gasteiger partial charge in [0.15, 0.2) is 9.84 Å². The van der Waals surface area contributed by atoms with Crippen molar-refractivity contribution in [3.05, 3.63) is 77.6 Å². The van der Waals surface area contributed by atoms with E-state index in [0.717, 1.165) is 22.5 Å². The van der Waals surface area contributed by atoms with Crippen molar-refractivity contribution in [1.29, 1.82) is 0 Å². The van der Waals surface area contributed by atoms with Crippen LogP contribution in [0.1, 0.15) is 34.5 Å². The number of amides is 1. The Kier molecular flexibility index (Phi) is 6.26. The molecule has 7 nitrogen and oxygen atoms in total. The van der Waals surface area contributed by atoms with Gasteiger partial charge in [-0.3, -0.25) is 9.48 Å². The zero-order chi connectivity index (χ0) is 21.9. The molecule has 0 bridgehead atoms. The largest absolute Gasteiger partial charge is 0.353 e. The Balaban J connectivity index is 1.84. The molecule has 158 valence electrons. The topological polar surface area (TPSA) is 93.1 Å². The summed E-state index contributed by atoms with van der Waals surface area (Å²) in [6, 6.07) is 13.9. The monoisotopic (exact) mass is 426 g/mol. The molecule has 1 amide bonds. The molecule has 0 unspecified atom stereocenters. The zero-order valence-corrected chi connectivity index (χ0v) is 18.3. The van der Waals surface area contributed by atoms with Crippen molar-refractivity contribution in [2.75, 3.05) is 11.6 Å². The van der Waals surface area contributed by atoms with E-state index in [4.69, 9.17) is 0 Å². The molecule has 0 saturated carbocycles. The molecule has 0 fully saturated rings. The number of rotatable bonds is 7. The summed E-state index contributed by atoms with van der Waals surface area (Å²) in [5, 5.41) is 9.44. The van der Waals surface area contributed by atoms with Crippen LogP contribution < -0.4 is 10.6 Å². The van der Waals surface area contributed by atoms with E-state index in [-0.39, 0.29) is 5.91 Å². The van der Waals surface area contributed by atoms with Crippen LogP contribution in [0.3, 0.4) is 0 Å². The predicted octanol–water partition coefficient (Wildman–Crippen LogP) is 3.38. The van der Waals surface area contributed by atoms with Gasteiger partial charge in [0.05, 0.1) is 23.2 Å². The van der Waals surface area contributed by atoms with Crippen molar-refractivity contribution in [3.63, 3.8) is 0 Å². The van der Waals surface area contributed by atoms with E-state index in [1.807, 2.05) is 50.5 Å². The number of carbonyl (C=O) groups is 1. The Hall–Kier alpha value is -3.13. The van der Waals surface area contributed by atoms with Gasteiger partial charge >= 0.3 is 0 Å². The third-order valence-corrected chi connectivity index (χ3v) is 6.61. The summed E-state index contributed by atoms with van der Waals surface area (Å²) in [5.74, 6) is -0.342. The van der Waals surface area contributed by atoms with E-state index < -0.39 is 21.1 Å². The molecule has 0 aliphatic rings. The van der Waals surface area contributed by atoms with Gasteiger partial charge in [0.25, 0.3) is 5.91 Å². The number of hydrogen-bond acceptors (Lipinski definition) is 5. The SMILES string of the molecule is Cc1ccc([C@@H](NC(=O)c2cccc(Nc3cnn(C)c3)c2)[C@@H](C)S(C)(=O)=O)cc1. The average molecular weight is 427 g/mol. The van der Waals surface area contributed by atoms with Crippen molar-refractivity contribution in [1.82, 2.24) is 15.1 Å². The summed E-state index contributed by atoms with van der Waals surface area (Å²) in [7, 11) is -1.55. The Bertz CT molecular complexity index is 1140. The molecule has 2 N–H and O–H groups in total. The lowest BCUT2D eigenvalue weighted by Crippen LogP contribution is -2.38. The average Bonchev–Trinajstić information content (AvgIpc) is 3.10. The number of anilines is 2. The molecule has 30 heavy (non-hydrogen) atoms. The first kappa shape index (κ1) is 21.6. The molecule has 0 aliphatic carbocycles. The number of aromatic nitrogens is 2. The fourth-order valence-electron chi connectivity index (χ4n) is 3.11. The Morgan fingerprint density at radius 1 is 1.10 bits per heavy atom. The zero-order valence-electron chi connectivity index (χ0n) is 17.5. The molecule has 2 aromatic carbocycles. The van der Waals surface area contributed by atoms with Crippen LogP contribution in [0.2, 0.25) is 0 Å². The first-order valence-corrected chi connectivity index (χ1v) is 11.5. The van der Waals surface area contributed by atoms with E-state index >= 15 is 0 Å². The van der Waals surface area contributed by atoms with E-state index in [1.165, 1.54) is 6.26 Å². The van der Waals surface area contributed by atoms with Gasteiger partial charge in [0.2, 0.25) is 0 Å². The van der Waals surface area contributed by atoms with Crippen LogP contribution in [0.25, 0.3) is 0 Å². The maximum atomic E-state index is 13.0. The second-order valence-electron chi connectivity index (χ2n) is 7.50. The molecule has 3 rings (SSSR count). The van der Waals surface area contributed by atoms with Gasteiger partial charge in [-0.25, -0.2) is 8.42 Å². The van der Waals surface area contributed by atoms with Gasteiger partial charge in [-0.15, -0.1) is 0 Å². The summed E-state index contributed by atoms with van der Waals surface area (Å²) in [6.07, 6.45) is 4.70. The molecule has 0 saturated heterocycles. The lowest BCUT2D eigenvalue weighted by molar-refractivity contribution is 0.0936. The Morgan fingerprint density at radius 2 is 1.80 bits per heavy atom. The smallest absolute Gasteiger partial charge is 0.251 e. The van der Waals surface area contributed by atoms with E-state index in [2.05, 4.69) is 15.7 Å². The Labute approximate surface area is 177 Å². The summed E-state index contributed by atoms with van der Waals surface area (Å²) >= 11 is 0. The lowest BCUT2D eigenvalue weighted by atomic mass is 10.0. The predicted molar refractivity (Wildman–Crippen MR) is 119 cm³/mol. The summed E-state index contributed by atoms with van der Waals surface area (Å²) < 4.78 is 26.1. The quantitative estimate of drug-likeness (QED) is 0.604. The Morgan fingerprint density at radius 3 is 2.40 bits per heavy atom. The van der Waals surface area contributed by atoms with Crippen LogP contribution in [0.5, 0.6) is 0 Å². The highest BCUT2D eigenvalue weighted by Crippen LogP contribution is 2.24. The van der Waals surface area contributed by atoms with Crippen molar-refractivity contribution < 1.29 is 13.2 Å². The number of nitrogens with zero attached hydrogens (tertiary/aromatic N) is 2. The number of benzene rings is 2. The highest BCUT2D eigenvalue weighted by atomic mass is 32.2. The van der Waals surface area contributed by atoms with Gasteiger partial charge in [0, 0.05) is 30.8 Å². The molecule has 8 heteroatoms. The highest BCUT2D eigenvalue weighted by molar-refractivity contribution is 7.91. The third kappa shape index (κ3) is 5.27. The maximum Gasteiger partial charge on any atom is 0.251 e. The molecule has 0 radical (unpaired) electrons. The van der Waals surface area contributed by atoms with Crippen LogP contribution in [0, 0.1) is 6.92 Å².